The molecule has 0 aromatic carbocycles. The molecular formula is C5H6N4O3. The van der Waals surface area contributed by atoms with Crippen molar-refractivity contribution in [3.8, 4) is 0 Å². The summed E-state index contributed by atoms with van der Waals surface area (Å²) in [5, 5.41) is 5.88. The summed E-state index contributed by atoms with van der Waals surface area (Å²) < 4.78 is 9.90. The van der Waals surface area contributed by atoms with Gasteiger partial charge < -0.3 is 9.47 Å². The lowest BCUT2D eigenvalue weighted by Crippen LogP contribution is -2.30. The zero-order valence-electron chi connectivity index (χ0n) is 6.01. The maximum Gasteiger partial charge on any atom is 0.409 e. The van der Waals surface area contributed by atoms with Crippen LogP contribution in [0, 0.1) is 0 Å². The number of nitrogens with one attached hydrogen (secondary N) is 1. The third-order valence-electron chi connectivity index (χ3n) is 1.83. The Kier molecular flexibility index (Phi) is 1.53. The molecule has 0 saturated carbocycles. The number of hydrogen-bond donors (Lipinski definition) is 1. The summed E-state index contributed by atoms with van der Waals surface area (Å²) in [5.41, 5.74) is 8.15. The van der Waals surface area contributed by atoms with Crippen LogP contribution in [0.1, 0.15) is 0 Å². The minimum Gasteiger partial charge on any atom is -0.441 e. The number of nitrogens with zero attached hydrogens (tertiary/aromatic N) is 3. The minimum atomic E-state index is -0.525. The van der Waals surface area contributed by atoms with Crippen LogP contribution in [0.25, 0.3) is 10.4 Å². The molecule has 1 N–H and O–H groups in total. The van der Waals surface area contributed by atoms with E-state index in [1.807, 2.05) is 0 Å². The third kappa shape index (κ3) is 0.956. The van der Waals surface area contributed by atoms with Gasteiger partial charge in [0.05, 0.1) is 6.61 Å². The van der Waals surface area contributed by atoms with Gasteiger partial charge in [-0.1, -0.05) is 5.11 Å². The second-order valence-corrected chi connectivity index (χ2v) is 2.54. The van der Waals surface area contributed by atoms with Crippen molar-refractivity contribution in [3.05, 3.63) is 10.4 Å². The Balaban J connectivity index is 2.12. The molecule has 3 atom stereocenters. The Bertz CT molecular complexity index is 261. The lowest BCUT2D eigenvalue weighted by molar-refractivity contribution is 0.0739. The number of amides is 1. The van der Waals surface area contributed by atoms with Crippen LogP contribution in [0.2, 0.25) is 0 Å². The van der Waals surface area contributed by atoms with Crippen LogP contribution >= 0.6 is 0 Å². The van der Waals surface area contributed by atoms with Crippen molar-refractivity contribution in [2.45, 2.75) is 18.4 Å². The van der Waals surface area contributed by atoms with E-state index in [-0.39, 0.29) is 0 Å². The van der Waals surface area contributed by atoms with E-state index >= 15 is 0 Å². The van der Waals surface area contributed by atoms with Gasteiger partial charge in [-0.05, 0) is 5.53 Å². The molecule has 0 aromatic rings. The van der Waals surface area contributed by atoms with Gasteiger partial charge in [0.1, 0.15) is 6.04 Å². The lowest BCUT2D eigenvalue weighted by atomic mass is 10.2. The standard InChI is InChI=1S/C5H6N4O3/c6-9-8-2-1-11-4-3(2)12-5(10)7-4/h2-4H,1H2,(H,7,10)/t2-,3+,4-/m0/s1. The lowest BCUT2D eigenvalue weighted by Gasteiger charge is -2.06. The molecule has 0 unspecified atom stereocenters. The topological polar surface area (TPSA) is 96.3 Å². The van der Waals surface area contributed by atoms with Crippen LogP contribution in [0.5, 0.6) is 0 Å². The van der Waals surface area contributed by atoms with Gasteiger partial charge in [-0.15, -0.1) is 0 Å². The van der Waals surface area contributed by atoms with E-state index in [0.29, 0.717) is 6.61 Å². The predicted molar refractivity (Wildman–Crippen MR) is 36.1 cm³/mol. The van der Waals surface area contributed by atoms with Gasteiger partial charge in [0, 0.05) is 4.91 Å². The molecule has 7 nitrogen and oxygen atoms in total. The van der Waals surface area contributed by atoms with Gasteiger partial charge in [0.25, 0.3) is 0 Å². The number of fused-ring (bicyclic) bond motifs is 1. The van der Waals surface area contributed by atoms with Gasteiger partial charge in [0.2, 0.25) is 0 Å². The number of rotatable bonds is 1. The van der Waals surface area contributed by atoms with Crippen molar-refractivity contribution >= 4 is 6.09 Å². The molecular weight excluding hydrogens is 164 g/mol. The number of hydrogen-bond acceptors (Lipinski definition) is 4. The van der Waals surface area contributed by atoms with Crippen molar-refractivity contribution in [2.75, 3.05) is 6.61 Å². The summed E-state index contributed by atoms with van der Waals surface area (Å²) in [7, 11) is 0. The van der Waals surface area contributed by atoms with Crippen LogP contribution in [-0.2, 0) is 9.47 Å². The average molecular weight is 170 g/mol. The van der Waals surface area contributed by atoms with E-state index < -0.39 is 24.5 Å². The van der Waals surface area contributed by atoms with Gasteiger partial charge >= 0.3 is 6.09 Å². The van der Waals surface area contributed by atoms with Gasteiger partial charge in [0.15, 0.2) is 12.3 Å². The van der Waals surface area contributed by atoms with Crippen LogP contribution in [0.3, 0.4) is 0 Å². The fraction of sp³-hybridized carbons (Fsp3) is 0.800. The second-order valence-electron chi connectivity index (χ2n) is 2.54. The van der Waals surface area contributed by atoms with Crippen molar-refractivity contribution in [1.82, 2.24) is 5.32 Å². The van der Waals surface area contributed by atoms with Gasteiger partial charge in [-0.2, -0.15) is 0 Å². The maximum atomic E-state index is 10.7. The minimum absolute atomic E-state index is 0.291. The maximum absolute atomic E-state index is 10.7. The molecule has 0 spiro atoms. The quantitative estimate of drug-likeness (QED) is 0.344. The number of azide groups is 1. The zero-order chi connectivity index (χ0) is 8.55. The Morgan fingerprint density at radius 1 is 1.75 bits per heavy atom. The van der Waals surface area contributed by atoms with E-state index in [1.165, 1.54) is 0 Å². The number of alkyl carbamates (subject to hydrolysis) is 1. The number of carbonyl (C=O) groups excluding carboxylic acids is 1. The molecule has 7 heteroatoms. The van der Waals surface area contributed by atoms with Crippen LogP contribution in [-0.4, -0.2) is 31.1 Å². The molecule has 2 heterocycles. The van der Waals surface area contributed by atoms with Crippen LogP contribution in [0.15, 0.2) is 5.11 Å². The first-order valence-corrected chi connectivity index (χ1v) is 3.44. The van der Waals surface area contributed by atoms with Crippen molar-refractivity contribution < 1.29 is 14.3 Å². The van der Waals surface area contributed by atoms with E-state index in [4.69, 9.17) is 15.0 Å². The molecule has 1 amide bonds. The normalized spacial score (nSPS) is 38.0. The van der Waals surface area contributed by atoms with Gasteiger partial charge in [-0.25, -0.2) is 4.79 Å². The largest absolute Gasteiger partial charge is 0.441 e. The monoisotopic (exact) mass is 170 g/mol. The van der Waals surface area contributed by atoms with Crippen LogP contribution in [0.4, 0.5) is 4.79 Å². The molecule has 0 aliphatic carbocycles. The first-order valence-electron chi connectivity index (χ1n) is 3.44. The average Bonchev–Trinajstić information content (AvgIpc) is 2.52. The predicted octanol–water partition coefficient (Wildman–Crippen LogP) is 0.130. The van der Waals surface area contributed by atoms with E-state index in [9.17, 15) is 4.79 Å². The molecule has 12 heavy (non-hydrogen) atoms. The summed E-state index contributed by atoms with van der Waals surface area (Å²) >= 11 is 0. The summed E-state index contributed by atoms with van der Waals surface area (Å²) in [6, 6.07) is -0.404. The van der Waals surface area contributed by atoms with E-state index in [2.05, 4.69) is 15.3 Å². The Morgan fingerprint density at radius 2 is 2.58 bits per heavy atom. The van der Waals surface area contributed by atoms with Crippen LogP contribution < -0.4 is 5.32 Å². The highest BCUT2D eigenvalue weighted by molar-refractivity contribution is 5.70. The number of carbonyl (C=O) groups is 1. The SMILES string of the molecule is [N-]=[N+]=N[C@H]1CO[C@@H]2NC(=O)O[C@H]12. The second kappa shape index (κ2) is 2.54. The molecule has 2 aliphatic rings. The molecule has 0 radical (unpaired) electrons. The molecule has 2 rings (SSSR count). The van der Waals surface area contributed by atoms with E-state index in [1.54, 1.807) is 0 Å². The van der Waals surface area contributed by atoms with Crippen molar-refractivity contribution in [3.63, 3.8) is 0 Å². The highest BCUT2D eigenvalue weighted by Gasteiger charge is 2.45. The Hall–Kier alpha value is -1.46. The molecule has 2 aliphatic heterocycles. The molecule has 64 valence electrons. The fourth-order valence-corrected chi connectivity index (χ4v) is 1.30. The molecule has 0 aromatic heterocycles. The highest BCUT2D eigenvalue weighted by Crippen LogP contribution is 2.23. The van der Waals surface area contributed by atoms with E-state index in [0.717, 1.165) is 0 Å². The highest BCUT2D eigenvalue weighted by atomic mass is 16.6. The van der Waals surface area contributed by atoms with Gasteiger partial charge in [-0.3, -0.25) is 5.32 Å². The molecule has 2 fully saturated rings. The Labute approximate surface area is 67.3 Å². The fourth-order valence-electron chi connectivity index (χ4n) is 1.30. The van der Waals surface area contributed by atoms with Crippen molar-refractivity contribution in [1.29, 1.82) is 0 Å². The smallest absolute Gasteiger partial charge is 0.409 e. The Morgan fingerprint density at radius 3 is 3.33 bits per heavy atom. The summed E-state index contributed by atoms with van der Waals surface area (Å²) in [6.07, 6.45) is -1.44. The summed E-state index contributed by atoms with van der Waals surface area (Å²) in [4.78, 5) is 13.3. The summed E-state index contributed by atoms with van der Waals surface area (Å²) in [6.45, 7) is 0.291. The molecule has 0 bridgehead atoms. The first-order chi connectivity index (χ1) is 5.81. The van der Waals surface area contributed by atoms with Crippen molar-refractivity contribution in [2.24, 2.45) is 5.11 Å². The molecule has 2 saturated heterocycles. The number of ether oxygens (including phenoxy) is 2. The third-order valence-corrected chi connectivity index (χ3v) is 1.83. The summed E-state index contributed by atoms with van der Waals surface area (Å²) in [5.74, 6) is 0. The zero-order valence-corrected chi connectivity index (χ0v) is 6.01. The first kappa shape index (κ1) is 7.20.